The maximum Gasteiger partial charge on any atom is 0.329 e. The molecule has 0 spiro atoms. The normalized spacial score (nSPS) is 11.2. The first kappa shape index (κ1) is 12.3. The topological polar surface area (TPSA) is 54.9 Å². The van der Waals surface area contributed by atoms with Gasteiger partial charge in [0, 0.05) is 11.5 Å². The molecule has 0 atom stereocenters. The lowest BCUT2D eigenvalue weighted by molar-refractivity contribution is 0.604. The Balaban J connectivity index is 2.87. The van der Waals surface area contributed by atoms with Gasteiger partial charge in [0.2, 0.25) is 0 Å². The summed E-state index contributed by atoms with van der Waals surface area (Å²) in [6.45, 7) is 0. The number of benzene rings is 1. The Labute approximate surface area is 108 Å². The first-order valence-electron chi connectivity index (χ1n) is 5.14. The van der Waals surface area contributed by atoms with Gasteiger partial charge in [-0.2, -0.15) is 25.3 Å². The molecule has 0 fully saturated rings. The monoisotopic (exact) mass is 268 g/mol. The molecule has 0 aliphatic rings. The molecule has 0 saturated carbocycles. The lowest BCUT2D eigenvalue weighted by Gasteiger charge is -2.17. The van der Waals surface area contributed by atoms with Crippen molar-refractivity contribution in [3.8, 4) is 0 Å². The summed E-state index contributed by atoms with van der Waals surface area (Å²) in [4.78, 5) is 25.8. The van der Waals surface area contributed by atoms with Gasteiger partial charge < -0.3 is 0 Å². The van der Waals surface area contributed by atoms with Crippen LogP contribution in [-0.4, -0.2) is 21.1 Å². The minimum atomic E-state index is -0.415. The summed E-state index contributed by atoms with van der Waals surface area (Å²) in [5, 5.41) is 0.501. The molecule has 4 nitrogen and oxygen atoms in total. The molecule has 1 aromatic carbocycles. The second-order valence-electron chi connectivity index (χ2n) is 3.67. The summed E-state index contributed by atoms with van der Waals surface area (Å²) in [6.07, 6.45) is 0. The highest BCUT2D eigenvalue weighted by molar-refractivity contribution is 7.81. The molecule has 90 valence electrons. The quantitative estimate of drug-likeness (QED) is 0.730. The van der Waals surface area contributed by atoms with Crippen molar-refractivity contribution < 1.29 is 0 Å². The van der Waals surface area contributed by atoms with E-state index in [0.717, 1.165) is 0 Å². The van der Waals surface area contributed by atoms with Gasteiger partial charge in [0.25, 0.3) is 5.56 Å². The molecule has 0 unspecified atom stereocenters. The Hall–Kier alpha value is -1.14. The largest absolute Gasteiger partial charge is 0.329 e. The van der Waals surface area contributed by atoms with E-state index in [2.05, 4.69) is 30.2 Å². The van der Waals surface area contributed by atoms with Gasteiger partial charge in [-0.3, -0.25) is 14.3 Å². The van der Waals surface area contributed by atoms with E-state index in [4.69, 9.17) is 0 Å². The first-order valence-corrected chi connectivity index (χ1v) is 6.40. The molecule has 0 saturated heterocycles. The Morgan fingerprint density at radius 2 is 1.82 bits per heavy atom. The smallest absolute Gasteiger partial charge is 0.289 e. The number of hydrogen-bond acceptors (Lipinski definition) is 4. The number of fused-ring (bicyclic) bond motifs is 1. The molecule has 1 heterocycles. The first-order chi connectivity index (χ1) is 8.19. The minimum Gasteiger partial charge on any atom is -0.289 e. The highest BCUT2D eigenvalue weighted by Crippen LogP contribution is 2.14. The van der Waals surface area contributed by atoms with Gasteiger partial charge in [-0.05, 0) is 12.1 Å². The van der Waals surface area contributed by atoms with Crippen LogP contribution in [0.2, 0.25) is 0 Å². The van der Waals surface area contributed by atoms with Crippen molar-refractivity contribution in [3.63, 3.8) is 0 Å². The number of aromatic nitrogens is 2. The Morgan fingerprint density at radius 3 is 2.47 bits per heavy atom. The van der Waals surface area contributed by atoms with Gasteiger partial charge >= 0.3 is 5.69 Å². The average molecular weight is 268 g/mol. The summed E-state index contributed by atoms with van der Waals surface area (Å²) < 4.78 is 1.54. The highest BCUT2D eigenvalue weighted by atomic mass is 32.1. The zero-order valence-corrected chi connectivity index (χ0v) is 10.7. The molecule has 0 aliphatic carbocycles. The number of rotatable bonds is 3. The van der Waals surface area contributed by atoms with E-state index in [1.165, 1.54) is 4.57 Å². The number of thiol groups is 2. The summed E-state index contributed by atoms with van der Waals surface area (Å²) in [5.41, 5.74) is -0.157. The molecule has 6 heteroatoms. The van der Waals surface area contributed by atoms with Gasteiger partial charge in [-0.25, -0.2) is 4.79 Å². The van der Waals surface area contributed by atoms with Crippen LogP contribution in [0, 0.1) is 0 Å². The number of nitrogens with zero attached hydrogens (tertiary/aromatic N) is 1. The summed E-state index contributed by atoms with van der Waals surface area (Å²) >= 11 is 8.41. The zero-order valence-electron chi connectivity index (χ0n) is 8.96. The molecule has 0 bridgehead atoms. The van der Waals surface area contributed by atoms with Crippen molar-refractivity contribution in [2.75, 3.05) is 11.5 Å². The number of H-pyrrole nitrogens is 1. The van der Waals surface area contributed by atoms with E-state index >= 15 is 0 Å². The SMILES string of the molecule is O=c1[nH]c(=O)n(C(CS)CS)c2ccccc12. The van der Waals surface area contributed by atoms with Gasteiger partial charge in [0.1, 0.15) is 0 Å². The van der Waals surface area contributed by atoms with Crippen LogP contribution in [0.25, 0.3) is 10.9 Å². The number of para-hydroxylation sites is 1. The Bertz CT molecular complexity index is 644. The predicted molar refractivity (Wildman–Crippen MR) is 75.6 cm³/mol. The van der Waals surface area contributed by atoms with E-state index in [1.54, 1.807) is 24.3 Å². The number of nitrogens with one attached hydrogen (secondary N) is 1. The van der Waals surface area contributed by atoms with Crippen LogP contribution < -0.4 is 11.2 Å². The third-order valence-corrected chi connectivity index (χ3v) is 3.48. The van der Waals surface area contributed by atoms with Crippen molar-refractivity contribution >= 4 is 36.2 Å². The number of aromatic amines is 1. The molecule has 1 aromatic heterocycles. The van der Waals surface area contributed by atoms with E-state index in [0.29, 0.717) is 22.4 Å². The van der Waals surface area contributed by atoms with E-state index in [1.807, 2.05) is 0 Å². The van der Waals surface area contributed by atoms with Gasteiger partial charge in [0.15, 0.2) is 0 Å². The van der Waals surface area contributed by atoms with Crippen LogP contribution in [0.1, 0.15) is 6.04 Å². The third-order valence-electron chi connectivity index (χ3n) is 2.63. The van der Waals surface area contributed by atoms with Crippen LogP contribution in [-0.2, 0) is 0 Å². The Morgan fingerprint density at radius 1 is 1.18 bits per heavy atom. The molecule has 0 amide bonds. The molecule has 0 aliphatic heterocycles. The molecule has 2 aromatic rings. The lowest BCUT2D eigenvalue weighted by Crippen LogP contribution is -2.34. The van der Waals surface area contributed by atoms with Gasteiger partial charge in [-0.15, -0.1) is 0 Å². The maximum atomic E-state index is 11.9. The fourth-order valence-corrected chi connectivity index (χ4v) is 2.58. The van der Waals surface area contributed by atoms with Crippen LogP contribution in [0.5, 0.6) is 0 Å². The molecule has 2 rings (SSSR count). The molecule has 17 heavy (non-hydrogen) atoms. The standard InChI is InChI=1S/C11H12N2O2S2/c14-10-8-3-1-2-4-9(8)13(11(15)12-10)7(5-16)6-17/h1-4,7,16-17H,5-6H2,(H,12,14,15). The van der Waals surface area contributed by atoms with E-state index < -0.39 is 5.69 Å². The second kappa shape index (κ2) is 5.01. The van der Waals surface area contributed by atoms with Crippen molar-refractivity contribution in [1.29, 1.82) is 0 Å². The molecule has 0 radical (unpaired) electrons. The van der Waals surface area contributed by atoms with E-state index in [9.17, 15) is 9.59 Å². The maximum absolute atomic E-state index is 11.9. The van der Waals surface area contributed by atoms with Crippen LogP contribution >= 0.6 is 25.3 Å². The predicted octanol–water partition coefficient (Wildman–Crippen LogP) is 1.09. The molecular formula is C11H12N2O2S2. The molecule has 1 N–H and O–H groups in total. The van der Waals surface area contributed by atoms with E-state index in [-0.39, 0.29) is 11.6 Å². The fourth-order valence-electron chi connectivity index (χ4n) is 1.79. The fraction of sp³-hybridized carbons (Fsp3) is 0.273. The summed E-state index contributed by atoms with van der Waals surface area (Å²) in [5.74, 6) is 0.971. The lowest BCUT2D eigenvalue weighted by atomic mass is 10.2. The third kappa shape index (κ3) is 2.14. The summed E-state index contributed by atoms with van der Waals surface area (Å²) in [7, 11) is 0. The van der Waals surface area contributed by atoms with Gasteiger partial charge in [0.05, 0.1) is 16.9 Å². The second-order valence-corrected chi connectivity index (χ2v) is 4.40. The van der Waals surface area contributed by atoms with Crippen LogP contribution in [0.15, 0.2) is 33.9 Å². The van der Waals surface area contributed by atoms with Crippen LogP contribution in [0.3, 0.4) is 0 Å². The van der Waals surface area contributed by atoms with Crippen molar-refractivity contribution in [2.24, 2.45) is 0 Å². The highest BCUT2D eigenvalue weighted by Gasteiger charge is 2.13. The van der Waals surface area contributed by atoms with Crippen molar-refractivity contribution in [1.82, 2.24) is 9.55 Å². The minimum absolute atomic E-state index is 0.143. The van der Waals surface area contributed by atoms with Crippen LogP contribution in [0.4, 0.5) is 0 Å². The van der Waals surface area contributed by atoms with Gasteiger partial charge in [-0.1, -0.05) is 12.1 Å². The van der Waals surface area contributed by atoms with Crippen molar-refractivity contribution in [2.45, 2.75) is 6.04 Å². The van der Waals surface area contributed by atoms with Crippen molar-refractivity contribution in [3.05, 3.63) is 45.1 Å². The Kier molecular flexibility index (Phi) is 3.63. The molecular weight excluding hydrogens is 256 g/mol. The average Bonchev–Trinajstić information content (AvgIpc) is 2.34. The zero-order chi connectivity index (χ0) is 12.4. The number of hydrogen-bond donors (Lipinski definition) is 3. The summed E-state index contributed by atoms with van der Waals surface area (Å²) in [6, 6.07) is 6.87.